The van der Waals surface area contributed by atoms with Crippen LogP contribution in [0.3, 0.4) is 0 Å². The van der Waals surface area contributed by atoms with Gasteiger partial charge in [-0.05, 0) is 77.8 Å². The first-order chi connectivity index (χ1) is 13.1. The van der Waals surface area contributed by atoms with E-state index in [1.165, 1.54) is 25.7 Å². The molecule has 144 valence electrons. The lowest BCUT2D eigenvalue weighted by Gasteiger charge is -2.17. The summed E-state index contributed by atoms with van der Waals surface area (Å²) >= 11 is 3.48. The molecule has 2 aliphatic carbocycles. The average molecular weight is 431 g/mol. The van der Waals surface area contributed by atoms with E-state index in [0.29, 0.717) is 22.2 Å². The molecular formula is C23H27BrO3. The molecule has 0 saturated heterocycles. The number of halogens is 1. The van der Waals surface area contributed by atoms with Crippen LogP contribution < -0.4 is 5.63 Å². The second-order valence-electron chi connectivity index (χ2n) is 8.15. The van der Waals surface area contributed by atoms with E-state index in [4.69, 9.17) is 4.42 Å². The molecule has 0 aliphatic heterocycles. The van der Waals surface area contributed by atoms with Crippen LogP contribution in [0.2, 0.25) is 0 Å². The van der Waals surface area contributed by atoms with E-state index in [2.05, 4.69) is 15.9 Å². The summed E-state index contributed by atoms with van der Waals surface area (Å²) in [6, 6.07) is 9.83. The Morgan fingerprint density at radius 2 is 2.00 bits per heavy atom. The van der Waals surface area contributed by atoms with Crippen LogP contribution in [0.25, 0.3) is 0 Å². The first kappa shape index (κ1) is 18.8. The Balaban J connectivity index is 1.49. The summed E-state index contributed by atoms with van der Waals surface area (Å²) in [5, 5.41) is 10.8. The smallest absolute Gasteiger partial charge is 0.343 e. The summed E-state index contributed by atoms with van der Waals surface area (Å²) < 4.78 is 6.19. The average Bonchev–Trinajstić information content (AvgIpc) is 3.57. The van der Waals surface area contributed by atoms with Crippen LogP contribution in [0, 0.1) is 17.8 Å². The summed E-state index contributed by atoms with van der Waals surface area (Å²) in [5.41, 5.74) is 0.959. The fourth-order valence-corrected chi connectivity index (χ4v) is 5.04. The number of aromatic hydroxyl groups is 1. The van der Waals surface area contributed by atoms with Crippen LogP contribution >= 0.6 is 15.9 Å². The Labute approximate surface area is 168 Å². The van der Waals surface area contributed by atoms with Gasteiger partial charge in [-0.15, -0.1) is 0 Å². The maximum Gasteiger partial charge on any atom is 0.343 e. The normalized spacial score (nSPS) is 22.6. The van der Waals surface area contributed by atoms with Crippen molar-refractivity contribution in [2.24, 2.45) is 17.8 Å². The van der Waals surface area contributed by atoms with E-state index in [-0.39, 0.29) is 11.7 Å². The fraction of sp³-hybridized carbons (Fsp3) is 0.522. The molecule has 4 rings (SSSR count). The van der Waals surface area contributed by atoms with E-state index in [9.17, 15) is 9.90 Å². The highest BCUT2D eigenvalue weighted by atomic mass is 79.9. The molecule has 1 heterocycles. The lowest BCUT2D eigenvalue weighted by Crippen LogP contribution is -2.15. The lowest BCUT2D eigenvalue weighted by atomic mass is 9.89. The standard InChI is InChI=1S/C23H27BrO3/c1-2-17(14-7-4-3-5-8-14)20-22(25)21(24)19(27-23(20)26)10-6-9-16-13-18(16)15-11-12-15/h3-5,7-8,15-18,25H,2,6,9-13H2,1H3. The number of aryl methyl sites for hydroxylation is 1. The van der Waals surface area contributed by atoms with Crippen molar-refractivity contribution in [1.29, 1.82) is 0 Å². The van der Waals surface area contributed by atoms with Gasteiger partial charge >= 0.3 is 5.63 Å². The third-order valence-corrected chi connectivity index (χ3v) is 7.10. The quantitative estimate of drug-likeness (QED) is 0.556. The highest BCUT2D eigenvalue weighted by molar-refractivity contribution is 9.10. The topological polar surface area (TPSA) is 50.4 Å². The van der Waals surface area contributed by atoms with Crippen LogP contribution in [0.4, 0.5) is 0 Å². The molecular weight excluding hydrogens is 404 g/mol. The summed E-state index contributed by atoms with van der Waals surface area (Å²) in [5.74, 6) is 3.29. The highest BCUT2D eigenvalue weighted by Gasteiger charge is 2.46. The molecule has 2 saturated carbocycles. The van der Waals surface area contributed by atoms with Gasteiger partial charge in [-0.25, -0.2) is 4.79 Å². The van der Waals surface area contributed by atoms with Crippen molar-refractivity contribution < 1.29 is 9.52 Å². The SMILES string of the molecule is CCC(c1ccccc1)c1c(O)c(Br)c(CCCC2CC2C2CC2)oc1=O. The number of hydrogen-bond donors (Lipinski definition) is 1. The molecule has 4 heteroatoms. The van der Waals surface area contributed by atoms with Gasteiger partial charge in [0, 0.05) is 12.3 Å². The summed E-state index contributed by atoms with van der Waals surface area (Å²) in [7, 11) is 0. The van der Waals surface area contributed by atoms with Crippen molar-refractivity contribution in [2.45, 2.75) is 57.8 Å². The minimum Gasteiger partial charge on any atom is -0.506 e. The summed E-state index contributed by atoms with van der Waals surface area (Å²) in [6.45, 7) is 2.02. The van der Waals surface area contributed by atoms with E-state index < -0.39 is 5.63 Å². The van der Waals surface area contributed by atoms with Crippen molar-refractivity contribution >= 4 is 15.9 Å². The van der Waals surface area contributed by atoms with Crippen LogP contribution in [0.15, 0.2) is 44.0 Å². The molecule has 3 nitrogen and oxygen atoms in total. The van der Waals surface area contributed by atoms with Crippen molar-refractivity contribution in [3.05, 3.63) is 62.1 Å². The minimum absolute atomic E-state index is 0.0410. The summed E-state index contributed by atoms with van der Waals surface area (Å²) in [4.78, 5) is 12.7. The van der Waals surface area contributed by atoms with Gasteiger partial charge in [-0.3, -0.25) is 0 Å². The van der Waals surface area contributed by atoms with Crippen molar-refractivity contribution in [1.82, 2.24) is 0 Å². The second kappa shape index (κ2) is 7.83. The Morgan fingerprint density at radius 1 is 1.26 bits per heavy atom. The monoisotopic (exact) mass is 430 g/mol. The molecule has 1 aromatic heterocycles. The molecule has 27 heavy (non-hydrogen) atoms. The Kier molecular flexibility index (Phi) is 5.45. The largest absolute Gasteiger partial charge is 0.506 e. The Morgan fingerprint density at radius 3 is 2.67 bits per heavy atom. The number of hydrogen-bond acceptors (Lipinski definition) is 3. The van der Waals surface area contributed by atoms with Gasteiger partial charge in [-0.1, -0.05) is 37.3 Å². The van der Waals surface area contributed by atoms with Gasteiger partial charge in [0.1, 0.15) is 11.5 Å². The lowest BCUT2D eigenvalue weighted by molar-refractivity contribution is 0.395. The van der Waals surface area contributed by atoms with E-state index in [1.54, 1.807) is 0 Å². The molecule has 3 atom stereocenters. The van der Waals surface area contributed by atoms with Gasteiger partial charge < -0.3 is 9.52 Å². The van der Waals surface area contributed by atoms with Crippen molar-refractivity contribution in [2.75, 3.05) is 0 Å². The second-order valence-corrected chi connectivity index (χ2v) is 8.94. The number of rotatable bonds is 8. The van der Waals surface area contributed by atoms with E-state index in [0.717, 1.165) is 36.2 Å². The molecule has 3 unspecified atom stereocenters. The fourth-order valence-electron chi connectivity index (χ4n) is 4.55. The first-order valence-electron chi connectivity index (χ1n) is 10.2. The van der Waals surface area contributed by atoms with Gasteiger partial charge in [0.2, 0.25) is 0 Å². The van der Waals surface area contributed by atoms with Gasteiger partial charge in [0.25, 0.3) is 0 Å². The maximum atomic E-state index is 12.7. The summed E-state index contributed by atoms with van der Waals surface area (Å²) in [6.07, 6.45) is 7.85. The molecule has 0 bridgehead atoms. The highest BCUT2D eigenvalue weighted by Crippen LogP contribution is 2.56. The van der Waals surface area contributed by atoms with Crippen LogP contribution in [-0.2, 0) is 6.42 Å². The molecule has 2 aliphatic rings. The molecule has 1 aromatic carbocycles. The van der Waals surface area contributed by atoms with Gasteiger partial charge in [-0.2, -0.15) is 0 Å². The molecule has 0 radical (unpaired) electrons. The zero-order valence-electron chi connectivity index (χ0n) is 15.8. The molecule has 0 amide bonds. The maximum absolute atomic E-state index is 12.7. The number of benzene rings is 1. The Hall–Kier alpha value is -1.55. The first-order valence-corrected chi connectivity index (χ1v) is 11.0. The zero-order chi connectivity index (χ0) is 19.0. The predicted octanol–water partition coefficient (Wildman–Crippen LogP) is 6.02. The van der Waals surface area contributed by atoms with Gasteiger partial charge in [0.05, 0.1) is 10.0 Å². The third-order valence-electron chi connectivity index (χ3n) is 6.29. The molecule has 0 spiro atoms. The molecule has 2 fully saturated rings. The van der Waals surface area contributed by atoms with Crippen molar-refractivity contribution in [3.8, 4) is 5.75 Å². The zero-order valence-corrected chi connectivity index (χ0v) is 17.4. The van der Waals surface area contributed by atoms with Crippen LogP contribution in [0.5, 0.6) is 5.75 Å². The third kappa shape index (κ3) is 4.01. The molecule has 2 aromatic rings. The van der Waals surface area contributed by atoms with Gasteiger partial charge in [0.15, 0.2) is 0 Å². The van der Waals surface area contributed by atoms with E-state index >= 15 is 0 Å². The van der Waals surface area contributed by atoms with E-state index in [1.807, 2.05) is 37.3 Å². The Bertz CT molecular complexity index is 854. The minimum atomic E-state index is -0.413. The predicted molar refractivity (Wildman–Crippen MR) is 110 cm³/mol. The van der Waals surface area contributed by atoms with Crippen molar-refractivity contribution in [3.63, 3.8) is 0 Å². The van der Waals surface area contributed by atoms with Crippen LogP contribution in [-0.4, -0.2) is 5.11 Å². The molecule has 1 N–H and O–H groups in total. The van der Waals surface area contributed by atoms with Crippen LogP contribution in [0.1, 0.15) is 68.3 Å².